The van der Waals surface area contributed by atoms with Crippen LogP contribution in [0.15, 0.2) is 24.3 Å². The highest BCUT2D eigenvalue weighted by molar-refractivity contribution is 5.76. The minimum Gasteiger partial charge on any atom is -0.481 e. The maximum Gasteiger partial charge on any atom is 0.312 e. The van der Waals surface area contributed by atoms with Crippen molar-refractivity contribution in [1.29, 1.82) is 0 Å². The van der Waals surface area contributed by atoms with Gasteiger partial charge in [-0.15, -0.1) is 0 Å². The standard InChI is InChI=1S/C13H19NO3/c1-13(2,17)7-9-4-3-5-10(6-9)11(8-14)12(15)16/h3-6,11,17H,7-8,14H2,1-2H3,(H,15,16). The van der Waals surface area contributed by atoms with Crippen LogP contribution < -0.4 is 5.73 Å². The molecule has 94 valence electrons. The van der Waals surface area contributed by atoms with E-state index in [1.807, 2.05) is 6.07 Å². The predicted molar refractivity (Wildman–Crippen MR) is 65.9 cm³/mol. The van der Waals surface area contributed by atoms with E-state index in [1.165, 1.54) is 0 Å². The Hall–Kier alpha value is -1.39. The lowest BCUT2D eigenvalue weighted by molar-refractivity contribution is -0.138. The molecule has 1 rings (SSSR count). The van der Waals surface area contributed by atoms with Crippen LogP contribution in [0.4, 0.5) is 0 Å². The third-order valence-electron chi connectivity index (χ3n) is 2.52. The minimum absolute atomic E-state index is 0.0707. The molecule has 0 fully saturated rings. The second-order valence-electron chi connectivity index (χ2n) is 4.86. The lowest BCUT2D eigenvalue weighted by atomic mass is 9.93. The summed E-state index contributed by atoms with van der Waals surface area (Å²) >= 11 is 0. The average Bonchev–Trinajstić information content (AvgIpc) is 2.15. The lowest BCUT2D eigenvalue weighted by Crippen LogP contribution is -2.23. The first-order chi connectivity index (χ1) is 7.83. The van der Waals surface area contributed by atoms with Crippen LogP contribution in [0.1, 0.15) is 30.9 Å². The number of carboxylic acid groups (broad SMARTS) is 1. The second kappa shape index (κ2) is 5.29. The van der Waals surface area contributed by atoms with E-state index in [4.69, 9.17) is 10.8 Å². The van der Waals surface area contributed by atoms with Crippen LogP contribution in [0.2, 0.25) is 0 Å². The maximum atomic E-state index is 11.0. The van der Waals surface area contributed by atoms with Gasteiger partial charge in [-0.25, -0.2) is 0 Å². The third kappa shape index (κ3) is 4.17. The van der Waals surface area contributed by atoms with Crippen molar-refractivity contribution in [2.45, 2.75) is 31.8 Å². The van der Waals surface area contributed by atoms with Crippen molar-refractivity contribution >= 4 is 5.97 Å². The summed E-state index contributed by atoms with van der Waals surface area (Å²) in [6.45, 7) is 3.51. The number of nitrogens with two attached hydrogens (primary N) is 1. The van der Waals surface area contributed by atoms with Crippen LogP contribution in [0.3, 0.4) is 0 Å². The van der Waals surface area contributed by atoms with E-state index < -0.39 is 17.5 Å². The molecule has 0 heterocycles. The summed E-state index contributed by atoms with van der Waals surface area (Å²) in [4.78, 5) is 11.0. The van der Waals surface area contributed by atoms with Crippen LogP contribution in [0, 0.1) is 0 Å². The molecule has 4 N–H and O–H groups in total. The lowest BCUT2D eigenvalue weighted by Gasteiger charge is -2.18. The second-order valence-corrected chi connectivity index (χ2v) is 4.86. The van der Waals surface area contributed by atoms with Gasteiger partial charge in [-0.3, -0.25) is 4.79 Å². The average molecular weight is 237 g/mol. The quantitative estimate of drug-likeness (QED) is 0.716. The maximum absolute atomic E-state index is 11.0. The molecule has 1 atom stereocenters. The predicted octanol–water partition coefficient (Wildman–Crippen LogP) is 1.13. The molecule has 4 nitrogen and oxygen atoms in total. The third-order valence-corrected chi connectivity index (χ3v) is 2.52. The first kappa shape index (κ1) is 13.7. The van der Waals surface area contributed by atoms with E-state index in [2.05, 4.69) is 0 Å². The molecule has 0 spiro atoms. The molecule has 0 aliphatic carbocycles. The molecule has 0 radical (unpaired) electrons. The number of aliphatic hydroxyl groups is 1. The highest BCUT2D eigenvalue weighted by atomic mass is 16.4. The zero-order valence-electron chi connectivity index (χ0n) is 10.2. The van der Waals surface area contributed by atoms with E-state index in [-0.39, 0.29) is 6.54 Å². The number of rotatable bonds is 5. The largest absolute Gasteiger partial charge is 0.481 e. The highest BCUT2D eigenvalue weighted by Gasteiger charge is 2.19. The number of carboxylic acids is 1. The van der Waals surface area contributed by atoms with Gasteiger partial charge in [0.2, 0.25) is 0 Å². The molecule has 4 heteroatoms. The van der Waals surface area contributed by atoms with Crippen molar-refractivity contribution in [3.05, 3.63) is 35.4 Å². The van der Waals surface area contributed by atoms with Gasteiger partial charge in [-0.2, -0.15) is 0 Å². The Morgan fingerprint density at radius 1 is 1.47 bits per heavy atom. The fourth-order valence-corrected chi connectivity index (χ4v) is 1.80. The Morgan fingerprint density at radius 3 is 2.59 bits per heavy atom. The van der Waals surface area contributed by atoms with Crippen LogP contribution >= 0.6 is 0 Å². The van der Waals surface area contributed by atoms with Crippen LogP contribution in [-0.2, 0) is 11.2 Å². The summed E-state index contributed by atoms with van der Waals surface area (Å²) < 4.78 is 0. The minimum atomic E-state index is -0.923. The molecular formula is C13H19NO3. The van der Waals surface area contributed by atoms with E-state index in [0.29, 0.717) is 12.0 Å². The van der Waals surface area contributed by atoms with E-state index >= 15 is 0 Å². The Kier molecular flexibility index (Phi) is 4.26. The molecule has 0 amide bonds. The number of hydrogen-bond acceptors (Lipinski definition) is 3. The van der Waals surface area contributed by atoms with Crippen molar-refractivity contribution in [1.82, 2.24) is 0 Å². The zero-order chi connectivity index (χ0) is 13.1. The fourth-order valence-electron chi connectivity index (χ4n) is 1.80. The molecule has 17 heavy (non-hydrogen) atoms. The van der Waals surface area contributed by atoms with Crippen LogP contribution in [0.25, 0.3) is 0 Å². The summed E-state index contributed by atoms with van der Waals surface area (Å²) in [6, 6.07) is 7.21. The van der Waals surface area contributed by atoms with Crippen LogP contribution in [0.5, 0.6) is 0 Å². The molecule has 1 unspecified atom stereocenters. The monoisotopic (exact) mass is 237 g/mol. The summed E-state index contributed by atoms with van der Waals surface area (Å²) in [6.07, 6.45) is 0.484. The fraction of sp³-hybridized carbons (Fsp3) is 0.462. The van der Waals surface area contributed by atoms with Crippen molar-refractivity contribution < 1.29 is 15.0 Å². The Balaban J connectivity index is 2.96. The van der Waals surface area contributed by atoms with E-state index in [9.17, 15) is 9.90 Å². The van der Waals surface area contributed by atoms with Gasteiger partial charge in [-0.1, -0.05) is 24.3 Å². The number of carbonyl (C=O) groups is 1. The molecule has 0 bridgehead atoms. The van der Waals surface area contributed by atoms with Gasteiger partial charge in [0.25, 0.3) is 0 Å². The van der Waals surface area contributed by atoms with Crippen molar-refractivity contribution in [2.75, 3.05) is 6.54 Å². The smallest absolute Gasteiger partial charge is 0.312 e. The molecular weight excluding hydrogens is 218 g/mol. The summed E-state index contributed by atoms with van der Waals surface area (Å²) in [5.74, 6) is -1.61. The number of aliphatic carboxylic acids is 1. The molecule has 0 saturated heterocycles. The van der Waals surface area contributed by atoms with Crippen LogP contribution in [-0.4, -0.2) is 28.3 Å². The van der Waals surface area contributed by atoms with Crippen molar-refractivity contribution in [2.24, 2.45) is 5.73 Å². The molecule has 0 saturated carbocycles. The molecule has 0 aliphatic rings. The van der Waals surface area contributed by atoms with Gasteiger partial charge in [0, 0.05) is 13.0 Å². The molecule has 1 aromatic rings. The molecule has 0 aliphatic heterocycles. The molecule has 0 aromatic heterocycles. The number of benzene rings is 1. The first-order valence-corrected chi connectivity index (χ1v) is 5.57. The topological polar surface area (TPSA) is 83.5 Å². The van der Waals surface area contributed by atoms with E-state index in [0.717, 1.165) is 5.56 Å². The molecule has 1 aromatic carbocycles. The summed E-state index contributed by atoms with van der Waals surface area (Å²) in [5.41, 5.74) is 6.24. The SMILES string of the molecule is CC(C)(O)Cc1cccc(C(CN)C(=O)O)c1. The normalized spacial score (nSPS) is 13.4. The van der Waals surface area contributed by atoms with Gasteiger partial charge in [-0.05, 0) is 25.0 Å². The van der Waals surface area contributed by atoms with Gasteiger partial charge in [0.15, 0.2) is 0 Å². The van der Waals surface area contributed by atoms with Gasteiger partial charge >= 0.3 is 5.97 Å². The van der Waals surface area contributed by atoms with Crippen molar-refractivity contribution in [3.8, 4) is 0 Å². The highest BCUT2D eigenvalue weighted by Crippen LogP contribution is 2.19. The van der Waals surface area contributed by atoms with Gasteiger partial charge in [0.1, 0.15) is 0 Å². The number of hydrogen-bond donors (Lipinski definition) is 3. The summed E-state index contributed by atoms with van der Waals surface area (Å²) in [7, 11) is 0. The Morgan fingerprint density at radius 2 is 2.12 bits per heavy atom. The Bertz CT molecular complexity index is 396. The first-order valence-electron chi connectivity index (χ1n) is 5.57. The summed E-state index contributed by atoms with van der Waals surface area (Å²) in [5, 5.41) is 18.7. The van der Waals surface area contributed by atoms with Gasteiger partial charge < -0.3 is 15.9 Å². The van der Waals surface area contributed by atoms with Gasteiger partial charge in [0.05, 0.1) is 11.5 Å². The van der Waals surface area contributed by atoms with E-state index in [1.54, 1.807) is 32.0 Å². The Labute approximate surface area is 101 Å². The van der Waals surface area contributed by atoms with Crippen molar-refractivity contribution in [3.63, 3.8) is 0 Å². The zero-order valence-corrected chi connectivity index (χ0v) is 10.2.